The van der Waals surface area contributed by atoms with Gasteiger partial charge in [0.15, 0.2) is 6.10 Å². The summed E-state index contributed by atoms with van der Waals surface area (Å²) < 4.78 is 0. The minimum Gasteiger partial charge on any atom is -0.387 e. The van der Waals surface area contributed by atoms with Crippen molar-refractivity contribution in [3.8, 4) is 0 Å². The second-order valence-corrected chi connectivity index (χ2v) is 4.86. The summed E-state index contributed by atoms with van der Waals surface area (Å²) in [6, 6.07) is 8.60. The molecule has 2 aliphatic carbocycles. The summed E-state index contributed by atoms with van der Waals surface area (Å²) in [4.78, 5) is 5.53. The van der Waals surface area contributed by atoms with Gasteiger partial charge in [-0.05, 0) is 30.4 Å². The first kappa shape index (κ1) is 8.57. The molecule has 1 aromatic carbocycles. The predicted molar refractivity (Wildman–Crippen MR) is 62.3 cm³/mol. The number of hydrogen-bond acceptors (Lipinski definition) is 2. The molecule has 3 atom stereocenters. The van der Waals surface area contributed by atoms with E-state index in [1.807, 2.05) is 0 Å². The number of benzene rings is 1. The van der Waals surface area contributed by atoms with Gasteiger partial charge in [0.2, 0.25) is 0 Å². The van der Waals surface area contributed by atoms with Crippen LogP contribution in [-0.4, -0.2) is 11.8 Å². The molecule has 0 N–H and O–H groups in total. The van der Waals surface area contributed by atoms with E-state index in [1.165, 1.54) is 23.3 Å². The van der Waals surface area contributed by atoms with Gasteiger partial charge in [-0.1, -0.05) is 35.5 Å². The maximum Gasteiger partial charge on any atom is 0.154 e. The zero-order valence-electron chi connectivity index (χ0n) is 8.97. The number of nitrogens with zero attached hydrogens (tertiary/aromatic N) is 1. The summed E-state index contributed by atoms with van der Waals surface area (Å²) in [5.74, 6) is 1.19. The summed E-state index contributed by atoms with van der Waals surface area (Å²) in [6.07, 6.45) is 6.95. The molecule has 16 heavy (non-hydrogen) atoms. The first-order chi connectivity index (χ1) is 7.93. The highest BCUT2D eigenvalue weighted by atomic mass is 16.6. The van der Waals surface area contributed by atoms with E-state index in [4.69, 9.17) is 4.84 Å². The van der Waals surface area contributed by atoms with E-state index in [1.54, 1.807) is 0 Å². The first-order valence-electron chi connectivity index (χ1n) is 5.92. The fourth-order valence-corrected chi connectivity index (χ4v) is 3.25. The van der Waals surface area contributed by atoms with E-state index in [0.29, 0.717) is 11.8 Å². The Morgan fingerprint density at radius 2 is 2.19 bits per heavy atom. The minimum absolute atomic E-state index is 0.196. The molecule has 0 fully saturated rings. The second kappa shape index (κ2) is 2.97. The van der Waals surface area contributed by atoms with Crippen molar-refractivity contribution < 1.29 is 4.84 Å². The number of rotatable bonds is 0. The van der Waals surface area contributed by atoms with Crippen molar-refractivity contribution in [2.45, 2.75) is 18.9 Å². The molecule has 0 radical (unpaired) electrons. The van der Waals surface area contributed by atoms with Crippen molar-refractivity contribution in [3.05, 3.63) is 47.5 Å². The summed E-state index contributed by atoms with van der Waals surface area (Å²) in [6.45, 7) is 0. The Balaban J connectivity index is 1.90. The Labute approximate surface area is 94.6 Å². The van der Waals surface area contributed by atoms with Crippen LogP contribution in [0.3, 0.4) is 0 Å². The van der Waals surface area contributed by atoms with E-state index in [9.17, 15) is 0 Å². The van der Waals surface area contributed by atoms with Crippen LogP contribution < -0.4 is 0 Å². The highest BCUT2D eigenvalue weighted by Crippen LogP contribution is 2.41. The van der Waals surface area contributed by atoms with Gasteiger partial charge in [-0.15, -0.1) is 0 Å². The predicted octanol–water partition coefficient (Wildman–Crippen LogP) is 2.54. The number of fused-ring (bicyclic) bond motifs is 2. The molecule has 1 aliphatic heterocycles. The molecule has 0 spiro atoms. The fraction of sp³-hybridized carbons (Fsp3) is 0.357. The lowest BCUT2D eigenvalue weighted by molar-refractivity contribution is 0.0764. The van der Waals surface area contributed by atoms with E-state index in [0.717, 1.165) is 6.42 Å². The lowest BCUT2D eigenvalue weighted by Crippen LogP contribution is -2.37. The van der Waals surface area contributed by atoms with Gasteiger partial charge in [0, 0.05) is 5.56 Å². The average Bonchev–Trinajstić information content (AvgIpc) is 2.76. The van der Waals surface area contributed by atoms with Gasteiger partial charge in [-0.3, -0.25) is 0 Å². The van der Waals surface area contributed by atoms with E-state index >= 15 is 0 Å². The van der Waals surface area contributed by atoms with Crippen LogP contribution in [0, 0.1) is 11.8 Å². The monoisotopic (exact) mass is 211 g/mol. The molecule has 0 amide bonds. The van der Waals surface area contributed by atoms with Gasteiger partial charge >= 0.3 is 0 Å². The normalized spacial score (nSPS) is 33.8. The summed E-state index contributed by atoms with van der Waals surface area (Å²) in [5.41, 5.74) is 3.92. The third kappa shape index (κ3) is 0.993. The van der Waals surface area contributed by atoms with E-state index in [-0.39, 0.29) is 6.10 Å². The fourth-order valence-electron chi connectivity index (χ4n) is 3.25. The van der Waals surface area contributed by atoms with Crippen LogP contribution in [0.4, 0.5) is 0 Å². The smallest absolute Gasteiger partial charge is 0.154 e. The lowest BCUT2D eigenvalue weighted by Gasteiger charge is -2.33. The lowest BCUT2D eigenvalue weighted by atomic mass is 9.69. The van der Waals surface area contributed by atoms with E-state index < -0.39 is 0 Å². The molecule has 0 aromatic heterocycles. The Hall–Kier alpha value is -1.57. The van der Waals surface area contributed by atoms with Crippen LogP contribution in [-0.2, 0) is 11.3 Å². The SMILES string of the molecule is C1=CC2ON=C3c4ccccc4CC(C1)C32. The second-order valence-electron chi connectivity index (χ2n) is 4.86. The van der Waals surface area contributed by atoms with Crippen molar-refractivity contribution in [1.29, 1.82) is 0 Å². The minimum atomic E-state index is 0.196. The third-order valence-electron chi connectivity index (χ3n) is 3.99. The van der Waals surface area contributed by atoms with Crippen LogP contribution in [0.15, 0.2) is 41.6 Å². The van der Waals surface area contributed by atoms with Crippen LogP contribution in [0.2, 0.25) is 0 Å². The molecule has 1 aromatic rings. The standard InChI is InChI=1S/C14H13NO/c1-2-6-11-9(4-1)8-10-5-3-7-12-13(10)14(11)15-16-12/h1-4,6-7,10,12-13H,5,8H2. The van der Waals surface area contributed by atoms with Crippen LogP contribution >= 0.6 is 0 Å². The van der Waals surface area contributed by atoms with E-state index in [2.05, 4.69) is 41.6 Å². The number of hydrogen-bond donors (Lipinski definition) is 0. The molecule has 3 unspecified atom stereocenters. The molecule has 3 aliphatic rings. The molecular weight excluding hydrogens is 198 g/mol. The quantitative estimate of drug-likeness (QED) is 0.604. The van der Waals surface area contributed by atoms with Crippen LogP contribution in [0.5, 0.6) is 0 Å². The molecule has 1 heterocycles. The Bertz CT molecular complexity index is 503. The largest absolute Gasteiger partial charge is 0.387 e. The first-order valence-corrected chi connectivity index (χ1v) is 5.92. The van der Waals surface area contributed by atoms with Crippen molar-refractivity contribution in [1.82, 2.24) is 0 Å². The Morgan fingerprint density at radius 3 is 3.19 bits per heavy atom. The van der Waals surface area contributed by atoms with Crippen molar-refractivity contribution in [2.24, 2.45) is 17.0 Å². The number of allylic oxidation sites excluding steroid dienone is 1. The van der Waals surface area contributed by atoms with Gasteiger partial charge in [0.25, 0.3) is 0 Å². The molecule has 0 saturated heterocycles. The van der Waals surface area contributed by atoms with Crippen molar-refractivity contribution >= 4 is 5.71 Å². The summed E-state index contributed by atoms with van der Waals surface area (Å²) in [5, 5.41) is 4.31. The Kier molecular flexibility index (Phi) is 1.59. The van der Waals surface area contributed by atoms with Crippen LogP contribution in [0.1, 0.15) is 17.5 Å². The van der Waals surface area contributed by atoms with Crippen molar-refractivity contribution in [2.75, 3.05) is 0 Å². The van der Waals surface area contributed by atoms with Crippen LogP contribution in [0.25, 0.3) is 0 Å². The van der Waals surface area contributed by atoms with Gasteiger partial charge < -0.3 is 4.84 Å². The number of oxime groups is 1. The molecular formula is C14H13NO. The molecule has 0 bridgehead atoms. The van der Waals surface area contributed by atoms with Crippen molar-refractivity contribution in [3.63, 3.8) is 0 Å². The van der Waals surface area contributed by atoms with Gasteiger partial charge in [0.1, 0.15) is 0 Å². The molecule has 2 heteroatoms. The zero-order valence-corrected chi connectivity index (χ0v) is 8.97. The van der Waals surface area contributed by atoms with Gasteiger partial charge in [-0.2, -0.15) is 0 Å². The van der Waals surface area contributed by atoms with Gasteiger partial charge in [-0.25, -0.2) is 0 Å². The van der Waals surface area contributed by atoms with Gasteiger partial charge in [0.05, 0.1) is 11.6 Å². The Morgan fingerprint density at radius 1 is 1.25 bits per heavy atom. The third-order valence-corrected chi connectivity index (χ3v) is 3.99. The molecule has 0 saturated carbocycles. The zero-order chi connectivity index (χ0) is 10.5. The molecule has 2 nitrogen and oxygen atoms in total. The highest BCUT2D eigenvalue weighted by molar-refractivity contribution is 6.05. The average molecular weight is 211 g/mol. The summed E-state index contributed by atoms with van der Waals surface area (Å²) >= 11 is 0. The maximum absolute atomic E-state index is 5.53. The topological polar surface area (TPSA) is 21.6 Å². The maximum atomic E-state index is 5.53. The molecule has 4 rings (SSSR count). The highest BCUT2D eigenvalue weighted by Gasteiger charge is 2.44. The summed E-state index contributed by atoms with van der Waals surface area (Å²) in [7, 11) is 0. The molecule has 80 valence electrons.